The predicted molar refractivity (Wildman–Crippen MR) is 64.0 cm³/mol. The van der Waals surface area contributed by atoms with Crippen LogP contribution in [0.15, 0.2) is 30.6 Å². The molecule has 1 aromatic carbocycles. The number of nitriles is 1. The second-order valence-corrected chi connectivity index (χ2v) is 3.46. The predicted octanol–water partition coefficient (Wildman–Crippen LogP) is 2.57. The zero-order valence-electron chi connectivity index (χ0n) is 9.65. The van der Waals surface area contributed by atoms with E-state index in [1.807, 2.05) is 12.1 Å². The van der Waals surface area contributed by atoms with Gasteiger partial charge in [0.25, 0.3) is 0 Å². The number of aromatic amines is 1. The molecule has 4 heteroatoms. The summed E-state index contributed by atoms with van der Waals surface area (Å²) in [6.45, 7) is 0. The van der Waals surface area contributed by atoms with Crippen LogP contribution >= 0.6 is 0 Å². The average Bonchev–Trinajstić information content (AvgIpc) is 2.85. The molecule has 17 heavy (non-hydrogen) atoms. The smallest absolute Gasteiger partial charge is 0.130 e. The van der Waals surface area contributed by atoms with E-state index in [-0.39, 0.29) is 0 Å². The van der Waals surface area contributed by atoms with Crippen LogP contribution in [0.1, 0.15) is 5.56 Å². The van der Waals surface area contributed by atoms with Crippen molar-refractivity contribution in [2.24, 2.45) is 0 Å². The molecule has 1 aromatic heterocycles. The number of aromatic nitrogens is 1. The van der Waals surface area contributed by atoms with Gasteiger partial charge in [-0.1, -0.05) is 0 Å². The molecule has 0 aliphatic rings. The van der Waals surface area contributed by atoms with Crippen molar-refractivity contribution in [2.75, 3.05) is 14.2 Å². The first-order valence-electron chi connectivity index (χ1n) is 5.09. The van der Waals surface area contributed by atoms with E-state index in [2.05, 4.69) is 11.1 Å². The molecule has 0 amide bonds. The van der Waals surface area contributed by atoms with Crippen LogP contribution in [0, 0.1) is 11.3 Å². The van der Waals surface area contributed by atoms with Crippen LogP contribution in [-0.4, -0.2) is 19.2 Å². The molecule has 0 aliphatic carbocycles. The fraction of sp³-hybridized carbons (Fsp3) is 0.154. The number of ether oxygens (including phenoxy) is 2. The molecule has 0 fully saturated rings. The van der Waals surface area contributed by atoms with Crippen molar-refractivity contribution >= 4 is 0 Å². The van der Waals surface area contributed by atoms with Gasteiger partial charge in [0.2, 0.25) is 0 Å². The fourth-order valence-corrected chi connectivity index (χ4v) is 1.70. The molecule has 1 heterocycles. The molecule has 1 N–H and O–H groups in total. The summed E-state index contributed by atoms with van der Waals surface area (Å²) < 4.78 is 10.4. The highest BCUT2D eigenvalue weighted by Crippen LogP contribution is 2.34. The van der Waals surface area contributed by atoms with Crippen molar-refractivity contribution in [3.05, 3.63) is 36.2 Å². The molecular formula is C13H12N2O2. The van der Waals surface area contributed by atoms with Gasteiger partial charge in [-0.15, -0.1) is 0 Å². The summed E-state index contributed by atoms with van der Waals surface area (Å²) in [6, 6.07) is 7.65. The largest absolute Gasteiger partial charge is 0.497 e. The number of H-pyrrole nitrogens is 1. The minimum absolute atomic E-state index is 0.591. The Kier molecular flexibility index (Phi) is 3.01. The van der Waals surface area contributed by atoms with E-state index in [4.69, 9.17) is 14.7 Å². The zero-order chi connectivity index (χ0) is 12.3. The molecule has 0 spiro atoms. The molecule has 0 saturated carbocycles. The Morgan fingerprint density at radius 2 is 1.94 bits per heavy atom. The lowest BCUT2D eigenvalue weighted by Crippen LogP contribution is -1.90. The molecule has 2 aromatic rings. The molecule has 0 radical (unpaired) electrons. The SMILES string of the molecule is COc1ccc(-c2c[nH]cc2C#N)c(OC)c1. The normalized spacial score (nSPS) is 9.71. The molecule has 4 nitrogen and oxygen atoms in total. The van der Waals surface area contributed by atoms with Crippen LogP contribution in [0.4, 0.5) is 0 Å². The highest BCUT2D eigenvalue weighted by Gasteiger charge is 2.11. The Morgan fingerprint density at radius 3 is 2.59 bits per heavy atom. The molecule has 0 atom stereocenters. The molecule has 0 unspecified atom stereocenters. The molecule has 86 valence electrons. The Bertz CT molecular complexity index is 567. The van der Waals surface area contributed by atoms with Crippen LogP contribution in [0.25, 0.3) is 11.1 Å². The van der Waals surface area contributed by atoms with Crippen molar-refractivity contribution in [3.8, 4) is 28.7 Å². The van der Waals surface area contributed by atoms with Gasteiger partial charge in [0, 0.05) is 29.6 Å². The van der Waals surface area contributed by atoms with E-state index < -0.39 is 0 Å². The third kappa shape index (κ3) is 1.95. The Hall–Kier alpha value is -2.41. The van der Waals surface area contributed by atoms with Crippen LogP contribution in [0.5, 0.6) is 11.5 Å². The van der Waals surface area contributed by atoms with Gasteiger partial charge in [-0.25, -0.2) is 0 Å². The Morgan fingerprint density at radius 1 is 1.12 bits per heavy atom. The zero-order valence-corrected chi connectivity index (χ0v) is 9.65. The number of hydrogen-bond donors (Lipinski definition) is 1. The molecular weight excluding hydrogens is 216 g/mol. The Balaban J connectivity index is 2.56. The number of nitrogens with zero attached hydrogens (tertiary/aromatic N) is 1. The van der Waals surface area contributed by atoms with Gasteiger partial charge in [0.15, 0.2) is 0 Å². The number of rotatable bonds is 3. The van der Waals surface area contributed by atoms with Gasteiger partial charge in [-0.2, -0.15) is 5.26 Å². The summed E-state index contributed by atoms with van der Waals surface area (Å²) in [5.74, 6) is 1.40. The van der Waals surface area contributed by atoms with Gasteiger partial charge in [-0.3, -0.25) is 0 Å². The highest BCUT2D eigenvalue weighted by molar-refractivity contribution is 5.76. The maximum atomic E-state index is 9.00. The summed E-state index contributed by atoms with van der Waals surface area (Å²) in [4.78, 5) is 2.92. The summed E-state index contributed by atoms with van der Waals surface area (Å²) >= 11 is 0. The minimum atomic E-state index is 0.591. The number of benzene rings is 1. The lowest BCUT2D eigenvalue weighted by atomic mass is 10.0. The molecule has 2 rings (SSSR count). The van der Waals surface area contributed by atoms with Crippen molar-refractivity contribution in [3.63, 3.8) is 0 Å². The van der Waals surface area contributed by atoms with Crippen LogP contribution in [0.2, 0.25) is 0 Å². The molecule has 0 aliphatic heterocycles. The maximum Gasteiger partial charge on any atom is 0.130 e. The first kappa shape index (κ1) is 11.1. The lowest BCUT2D eigenvalue weighted by Gasteiger charge is -2.09. The van der Waals surface area contributed by atoms with Crippen molar-refractivity contribution in [1.82, 2.24) is 4.98 Å². The standard InChI is InChI=1S/C13H12N2O2/c1-16-10-3-4-11(13(5-10)17-2)12-8-15-7-9(12)6-14/h3-5,7-8,15H,1-2H3. The van der Waals surface area contributed by atoms with Crippen LogP contribution in [0.3, 0.4) is 0 Å². The molecule has 0 bridgehead atoms. The number of hydrogen-bond acceptors (Lipinski definition) is 3. The number of nitrogens with one attached hydrogen (secondary N) is 1. The van der Waals surface area contributed by atoms with Crippen LogP contribution in [-0.2, 0) is 0 Å². The molecule has 0 saturated heterocycles. The second kappa shape index (κ2) is 4.62. The van der Waals surface area contributed by atoms with E-state index in [1.54, 1.807) is 32.7 Å². The van der Waals surface area contributed by atoms with Crippen molar-refractivity contribution < 1.29 is 9.47 Å². The third-order valence-corrected chi connectivity index (χ3v) is 2.56. The van der Waals surface area contributed by atoms with Crippen LogP contribution < -0.4 is 9.47 Å². The average molecular weight is 228 g/mol. The van der Waals surface area contributed by atoms with Gasteiger partial charge >= 0.3 is 0 Å². The van der Waals surface area contributed by atoms with E-state index in [0.29, 0.717) is 11.3 Å². The quantitative estimate of drug-likeness (QED) is 0.878. The number of methoxy groups -OCH3 is 2. The van der Waals surface area contributed by atoms with E-state index >= 15 is 0 Å². The van der Waals surface area contributed by atoms with Crippen molar-refractivity contribution in [1.29, 1.82) is 5.26 Å². The van der Waals surface area contributed by atoms with Gasteiger partial charge in [0.1, 0.15) is 17.6 Å². The monoisotopic (exact) mass is 228 g/mol. The first-order chi connectivity index (χ1) is 8.30. The third-order valence-electron chi connectivity index (χ3n) is 2.56. The topological polar surface area (TPSA) is 58.0 Å². The summed E-state index contributed by atoms with van der Waals surface area (Å²) in [7, 11) is 3.20. The van der Waals surface area contributed by atoms with Gasteiger partial charge < -0.3 is 14.5 Å². The van der Waals surface area contributed by atoms with E-state index in [1.165, 1.54) is 0 Å². The summed E-state index contributed by atoms with van der Waals surface area (Å²) in [5, 5.41) is 9.00. The van der Waals surface area contributed by atoms with E-state index in [0.717, 1.165) is 16.9 Å². The lowest BCUT2D eigenvalue weighted by molar-refractivity contribution is 0.395. The van der Waals surface area contributed by atoms with E-state index in [9.17, 15) is 0 Å². The summed E-state index contributed by atoms with van der Waals surface area (Å²) in [6.07, 6.45) is 3.45. The maximum absolute atomic E-state index is 9.00. The fourth-order valence-electron chi connectivity index (χ4n) is 1.70. The van der Waals surface area contributed by atoms with Crippen molar-refractivity contribution in [2.45, 2.75) is 0 Å². The summed E-state index contributed by atoms with van der Waals surface area (Å²) in [5.41, 5.74) is 2.28. The second-order valence-electron chi connectivity index (χ2n) is 3.46. The first-order valence-corrected chi connectivity index (χ1v) is 5.09. The highest BCUT2D eigenvalue weighted by atomic mass is 16.5. The Labute approximate surface area is 99.4 Å². The van der Waals surface area contributed by atoms with Gasteiger partial charge in [0.05, 0.1) is 19.8 Å². The van der Waals surface area contributed by atoms with Gasteiger partial charge in [-0.05, 0) is 12.1 Å². The minimum Gasteiger partial charge on any atom is -0.497 e.